The zero-order chi connectivity index (χ0) is 14.3. The van der Waals surface area contributed by atoms with Crippen molar-refractivity contribution < 1.29 is 4.39 Å². The van der Waals surface area contributed by atoms with E-state index in [0.29, 0.717) is 12.1 Å². The second-order valence-corrected chi connectivity index (χ2v) is 5.41. The Labute approximate surface area is 120 Å². The molecule has 20 heavy (non-hydrogen) atoms. The lowest BCUT2D eigenvalue weighted by molar-refractivity contribution is 0.629. The maximum Gasteiger partial charge on any atom is 0.128 e. The van der Waals surface area contributed by atoms with Gasteiger partial charge in [-0.05, 0) is 25.1 Å². The van der Waals surface area contributed by atoms with Crippen molar-refractivity contribution >= 4 is 22.6 Å². The number of hydrogen-bond donors (Lipinski definition) is 0. The Kier molecular flexibility index (Phi) is 3.22. The zero-order valence-electron chi connectivity index (χ0n) is 11.2. The molecule has 0 aliphatic carbocycles. The van der Waals surface area contributed by atoms with E-state index in [9.17, 15) is 4.39 Å². The first-order valence-electron chi connectivity index (χ1n) is 6.33. The van der Waals surface area contributed by atoms with Crippen molar-refractivity contribution in [2.75, 3.05) is 0 Å². The largest absolute Gasteiger partial charge is 0.321 e. The summed E-state index contributed by atoms with van der Waals surface area (Å²) < 4.78 is 17.1. The molecule has 0 aliphatic rings. The van der Waals surface area contributed by atoms with Crippen molar-refractivity contribution in [2.24, 2.45) is 7.05 Å². The number of imidazole rings is 1. The van der Waals surface area contributed by atoms with Gasteiger partial charge in [-0.25, -0.2) is 9.37 Å². The Hall–Kier alpha value is -1.88. The molecule has 0 saturated heterocycles. The topological polar surface area (TPSA) is 35.6 Å². The summed E-state index contributed by atoms with van der Waals surface area (Å²) in [6, 6.07) is 6.54. The zero-order valence-corrected chi connectivity index (χ0v) is 12.0. The lowest BCUT2D eigenvalue weighted by Crippen LogP contribution is -2.09. The molecule has 0 spiro atoms. The third kappa shape index (κ3) is 2.18. The molecule has 0 N–H and O–H groups in total. The van der Waals surface area contributed by atoms with E-state index in [1.165, 1.54) is 12.1 Å². The van der Waals surface area contributed by atoms with E-state index in [-0.39, 0.29) is 11.2 Å². The number of halogens is 2. The van der Waals surface area contributed by atoms with Crippen molar-refractivity contribution in [3.63, 3.8) is 0 Å². The Bertz CT molecular complexity index is 760. The van der Waals surface area contributed by atoms with Crippen LogP contribution in [0.15, 0.2) is 30.5 Å². The SMILES string of the molecule is CC(Cl)c1nc2cc(F)ccc2n1Cc1ccnn1C. The van der Waals surface area contributed by atoms with Crippen LogP contribution in [0.2, 0.25) is 0 Å². The van der Waals surface area contributed by atoms with Crippen LogP contribution >= 0.6 is 11.6 Å². The number of rotatable bonds is 3. The Morgan fingerprint density at radius 1 is 1.35 bits per heavy atom. The van der Waals surface area contributed by atoms with E-state index >= 15 is 0 Å². The summed E-state index contributed by atoms with van der Waals surface area (Å²) in [6.07, 6.45) is 1.75. The maximum absolute atomic E-state index is 13.3. The molecule has 0 fully saturated rings. The first kappa shape index (κ1) is 13.1. The van der Waals surface area contributed by atoms with Gasteiger partial charge in [-0.1, -0.05) is 0 Å². The van der Waals surface area contributed by atoms with Crippen molar-refractivity contribution in [3.05, 3.63) is 47.8 Å². The average Bonchev–Trinajstić information content (AvgIpc) is 2.95. The van der Waals surface area contributed by atoms with Crippen LogP contribution in [0.1, 0.15) is 23.8 Å². The summed E-state index contributed by atoms with van der Waals surface area (Å²) in [5.41, 5.74) is 2.52. The van der Waals surface area contributed by atoms with Gasteiger partial charge in [0, 0.05) is 19.3 Å². The van der Waals surface area contributed by atoms with Gasteiger partial charge in [0.05, 0.1) is 28.6 Å². The summed E-state index contributed by atoms with van der Waals surface area (Å²) >= 11 is 6.20. The molecule has 0 aliphatic heterocycles. The molecule has 0 amide bonds. The van der Waals surface area contributed by atoms with Crippen LogP contribution in [0.3, 0.4) is 0 Å². The summed E-state index contributed by atoms with van der Waals surface area (Å²) in [5, 5.41) is 3.90. The van der Waals surface area contributed by atoms with Gasteiger partial charge in [0.15, 0.2) is 0 Å². The molecular weight excluding hydrogens is 279 g/mol. The van der Waals surface area contributed by atoms with Crippen LogP contribution in [0.4, 0.5) is 4.39 Å². The molecule has 2 heterocycles. The van der Waals surface area contributed by atoms with Crippen LogP contribution in [0.25, 0.3) is 11.0 Å². The highest BCUT2D eigenvalue weighted by Gasteiger charge is 2.16. The fraction of sp³-hybridized carbons (Fsp3) is 0.286. The minimum atomic E-state index is -0.295. The second-order valence-electron chi connectivity index (χ2n) is 4.75. The maximum atomic E-state index is 13.3. The van der Waals surface area contributed by atoms with Crippen LogP contribution in [0.5, 0.6) is 0 Å². The summed E-state index contributed by atoms with van der Waals surface area (Å²) in [5.74, 6) is 0.435. The molecule has 0 bridgehead atoms. The smallest absolute Gasteiger partial charge is 0.128 e. The summed E-state index contributed by atoms with van der Waals surface area (Å²) in [7, 11) is 1.89. The number of alkyl halides is 1. The number of hydrogen-bond acceptors (Lipinski definition) is 2. The third-order valence-corrected chi connectivity index (χ3v) is 3.53. The van der Waals surface area contributed by atoms with Gasteiger partial charge in [-0.15, -0.1) is 11.6 Å². The number of nitrogens with zero attached hydrogens (tertiary/aromatic N) is 4. The van der Waals surface area contributed by atoms with Crippen LogP contribution in [-0.2, 0) is 13.6 Å². The standard InChI is InChI=1S/C14H14ClFN4/c1-9(15)14-18-12-7-10(16)3-4-13(12)20(14)8-11-5-6-17-19(11)2/h3-7,9H,8H2,1-2H3. The van der Waals surface area contributed by atoms with Gasteiger partial charge >= 0.3 is 0 Å². The second kappa shape index (κ2) is 4.90. The van der Waals surface area contributed by atoms with Gasteiger partial charge in [0.2, 0.25) is 0 Å². The Morgan fingerprint density at radius 2 is 2.15 bits per heavy atom. The normalized spacial score (nSPS) is 13.0. The highest BCUT2D eigenvalue weighted by atomic mass is 35.5. The number of benzene rings is 1. The van der Waals surface area contributed by atoms with Crippen molar-refractivity contribution in [2.45, 2.75) is 18.8 Å². The lowest BCUT2D eigenvalue weighted by atomic mass is 10.3. The van der Waals surface area contributed by atoms with Gasteiger partial charge in [-0.3, -0.25) is 4.68 Å². The van der Waals surface area contributed by atoms with Crippen molar-refractivity contribution in [3.8, 4) is 0 Å². The minimum Gasteiger partial charge on any atom is -0.321 e. The van der Waals surface area contributed by atoms with Crippen molar-refractivity contribution in [1.82, 2.24) is 19.3 Å². The molecule has 3 rings (SSSR count). The summed E-state index contributed by atoms with van der Waals surface area (Å²) in [4.78, 5) is 4.44. The van der Waals surface area contributed by atoms with Gasteiger partial charge in [0.1, 0.15) is 11.6 Å². The van der Waals surface area contributed by atoms with E-state index in [1.54, 1.807) is 16.9 Å². The fourth-order valence-corrected chi connectivity index (χ4v) is 2.48. The highest BCUT2D eigenvalue weighted by Crippen LogP contribution is 2.26. The molecular formula is C14H14ClFN4. The average molecular weight is 293 g/mol. The quantitative estimate of drug-likeness (QED) is 0.695. The molecule has 4 nitrogen and oxygen atoms in total. The Morgan fingerprint density at radius 3 is 2.80 bits per heavy atom. The van der Waals surface area contributed by atoms with Gasteiger partial charge in [-0.2, -0.15) is 5.10 Å². The van der Waals surface area contributed by atoms with Crippen molar-refractivity contribution in [1.29, 1.82) is 0 Å². The first-order valence-corrected chi connectivity index (χ1v) is 6.76. The van der Waals surface area contributed by atoms with Gasteiger partial charge < -0.3 is 4.57 Å². The van der Waals surface area contributed by atoms with Crippen LogP contribution in [0, 0.1) is 5.82 Å². The van der Waals surface area contributed by atoms with E-state index in [2.05, 4.69) is 10.1 Å². The molecule has 1 aromatic carbocycles. The number of aryl methyl sites for hydroxylation is 1. The Balaban J connectivity index is 2.16. The lowest BCUT2D eigenvalue weighted by Gasteiger charge is -2.10. The molecule has 104 valence electrons. The molecule has 2 aromatic heterocycles. The molecule has 1 atom stereocenters. The molecule has 0 saturated carbocycles. The molecule has 3 aromatic rings. The minimum absolute atomic E-state index is 0.251. The number of aromatic nitrogens is 4. The van der Waals surface area contributed by atoms with Gasteiger partial charge in [0.25, 0.3) is 0 Å². The van der Waals surface area contributed by atoms with E-state index in [4.69, 9.17) is 11.6 Å². The monoisotopic (exact) mass is 292 g/mol. The third-order valence-electron chi connectivity index (χ3n) is 3.34. The van der Waals surface area contributed by atoms with Crippen LogP contribution in [-0.4, -0.2) is 19.3 Å². The fourth-order valence-electron chi connectivity index (χ4n) is 2.31. The number of fused-ring (bicyclic) bond motifs is 1. The molecule has 0 radical (unpaired) electrons. The van der Waals surface area contributed by atoms with Crippen LogP contribution < -0.4 is 0 Å². The van der Waals surface area contributed by atoms with E-state index in [1.807, 2.05) is 24.6 Å². The summed E-state index contributed by atoms with van der Waals surface area (Å²) in [6.45, 7) is 2.46. The predicted octanol–water partition coefficient (Wildman–Crippen LogP) is 3.26. The van der Waals surface area contributed by atoms with E-state index < -0.39 is 0 Å². The van der Waals surface area contributed by atoms with E-state index in [0.717, 1.165) is 17.0 Å². The predicted molar refractivity (Wildman–Crippen MR) is 76.3 cm³/mol. The first-order chi connectivity index (χ1) is 9.56. The highest BCUT2D eigenvalue weighted by molar-refractivity contribution is 6.20. The molecule has 6 heteroatoms. The molecule has 1 unspecified atom stereocenters.